The van der Waals surface area contributed by atoms with Crippen molar-refractivity contribution in [2.45, 2.75) is 12.1 Å². The summed E-state index contributed by atoms with van der Waals surface area (Å²) in [7, 11) is 1.84. The van der Waals surface area contributed by atoms with Crippen molar-refractivity contribution < 1.29 is 9.72 Å². The number of aryl methyl sites for hydroxylation is 1. The van der Waals surface area contributed by atoms with E-state index in [2.05, 4.69) is 15.5 Å². The van der Waals surface area contributed by atoms with E-state index in [1.54, 1.807) is 19.1 Å². The van der Waals surface area contributed by atoms with Crippen molar-refractivity contribution in [1.29, 1.82) is 0 Å². The third kappa shape index (κ3) is 4.32. The zero-order valence-corrected chi connectivity index (χ0v) is 15.6. The van der Waals surface area contributed by atoms with Crippen LogP contribution >= 0.6 is 11.8 Å². The van der Waals surface area contributed by atoms with E-state index < -0.39 is 4.92 Å². The average molecular weight is 383 g/mol. The molecule has 0 unspecified atom stereocenters. The normalized spacial score (nSPS) is 10.6. The van der Waals surface area contributed by atoms with Crippen LogP contribution in [0.5, 0.6) is 0 Å². The molecular formula is C18H17N5O3S. The Kier molecular flexibility index (Phi) is 5.51. The summed E-state index contributed by atoms with van der Waals surface area (Å²) in [6.07, 6.45) is 0. The maximum atomic E-state index is 12.2. The summed E-state index contributed by atoms with van der Waals surface area (Å²) < 4.78 is 1.82. The summed E-state index contributed by atoms with van der Waals surface area (Å²) in [5, 5.41) is 22.6. The number of carbonyl (C=O) groups excluding carboxylic acids is 1. The van der Waals surface area contributed by atoms with E-state index in [1.165, 1.54) is 17.8 Å². The zero-order valence-electron chi connectivity index (χ0n) is 14.7. The first-order valence-electron chi connectivity index (χ1n) is 8.08. The van der Waals surface area contributed by atoms with E-state index >= 15 is 0 Å². The Morgan fingerprint density at radius 3 is 2.67 bits per heavy atom. The van der Waals surface area contributed by atoms with Crippen LogP contribution in [0.1, 0.15) is 5.56 Å². The van der Waals surface area contributed by atoms with E-state index in [1.807, 2.05) is 41.9 Å². The highest BCUT2D eigenvalue weighted by molar-refractivity contribution is 7.99. The molecule has 1 amide bonds. The molecule has 1 heterocycles. The highest BCUT2D eigenvalue weighted by atomic mass is 32.2. The lowest BCUT2D eigenvalue weighted by atomic mass is 10.2. The fourth-order valence-corrected chi connectivity index (χ4v) is 3.20. The van der Waals surface area contributed by atoms with Gasteiger partial charge in [-0.1, -0.05) is 48.2 Å². The number of aromatic nitrogens is 3. The van der Waals surface area contributed by atoms with Gasteiger partial charge in [0.05, 0.1) is 10.7 Å². The maximum absolute atomic E-state index is 12.2. The molecule has 3 rings (SSSR count). The molecule has 0 aliphatic carbocycles. The summed E-state index contributed by atoms with van der Waals surface area (Å²) in [5.41, 5.74) is 1.85. The number of thioether (sulfide) groups is 1. The number of hydrogen-bond donors (Lipinski definition) is 1. The lowest BCUT2D eigenvalue weighted by molar-refractivity contribution is -0.385. The molecule has 0 saturated heterocycles. The quantitative estimate of drug-likeness (QED) is 0.397. The van der Waals surface area contributed by atoms with Gasteiger partial charge in [0, 0.05) is 29.9 Å². The predicted octanol–water partition coefficient (Wildman–Crippen LogP) is 3.43. The molecule has 0 bridgehead atoms. The number of benzene rings is 2. The first kappa shape index (κ1) is 18.6. The van der Waals surface area contributed by atoms with E-state index in [9.17, 15) is 14.9 Å². The fourth-order valence-electron chi connectivity index (χ4n) is 2.49. The Bertz CT molecular complexity index is 988. The lowest BCUT2D eigenvalue weighted by Crippen LogP contribution is -2.14. The number of amides is 1. The number of nitro groups is 1. The molecule has 3 aromatic rings. The van der Waals surface area contributed by atoms with Gasteiger partial charge in [-0.15, -0.1) is 10.2 Å². The molecule has 0 saturated carbocycles. The van der Waals surface area contributed by atoms with Crippen LogP contribution in [0.15, 0.2) is 53.7 Å². The molecule has 27 heavy (non-hydrogen) atoms. The van der Waals surface area contributed by atoms with Gasteiger partial charge in [0.2, 0.25) is 5.91 Å². The van der Waals surface area contributed by atoms with Crippen LogP contribution in [-0.4, -0.2) is 31.3 Å². The molecule has 1 aromatic heterocycles. The third-order valence-corrected chi connectivity index (χ3v) is 4.91. The number of carbonyl (C=O) groups is 1. The van der Waals surface area contributed by atoms with Gasteiger partial charge in [-0.3, -0.25) is 14.9 Å². The molecule has 0 radical (unpaired) electrons. The minimum Gasteiger partial charge on any atom is -0.325 e. The van der Waals surface area contributed by atoms with Crippen LogP contribution in [0.25, 0.3) is 11.4 Å². The second-order valence-electron chi connectivity index (χ2n) is 5.83. The van der Waals surface area contributed by atoms with Crippen molar-refractivity contribution in [3.63, 3.8) is 0 Å². The topological polar surface area (TPSA) is 103 Å². The highest BCUT2D eigenvalue weighted by Crippen LogP contribution is 2.24. The SMILES string of the molecule is Cc1ccc(NC(=O)CSc2nnc(-c3ccccc3)n2C)cc1[N+](=O)[O-]. The van der Waals surface area contributed by atoms with Crippen LogP contribution in [0, 0.1) is 17.0 Å². The Morgan fingerprint density at radius 2 is 1.96 bits per heavy atom. The number of rotatable bonds is 6. The van der Waals surface area contributed by atoms with Gasteiger partial charge >= 0.3 is 0 Å². The van der Waals surface area contributed by atoms with Crippen LogP contribution in [-0.2, 0) is 11.8 Å². The van der Waals surface area contributed by atoms with Crippen molar-refractivity contribution in [1.82, 2.24) is 14.8 Å². The van der Waals surface area contributed by atoms with Gasteiger partial charge < -0.3 is 9.88 Å². The summed E-state index contributed by atoms with van der Waals surface area (Å²) in [5.74, 6) is 0.553. The van der Waals surface area contributed by atoms with Gasteiger partial charge in [-0.2, -0.15) is 0 Å². The van der Waals surface area contributed by atoms with Crippen molar-refractivity contribution in [3.05, 3.63) is 64.2 Å². The average Bonchev–Trinajstić information content (AvgIpc) is 3.02. The number of nitro benzene ring substituents is 1. The molecular weight excluding hydrogens is 366 g/mol. The lowest BCUT2D eigenvalue weighted by Gasteiger charge is -2.06. The molecule has 138 valence electrons. The van der Waals surface area contributed by atoms with E-state index in [4.69, 9.17) is 0 Å². The van der Waals surface area contributed by atoms with Gasteiger partial charge in [-0.05, 0) is 13.0 Å². The van der Waals surface area contributed by atoms with Crippen molar-refractivity contribution in [3.8, 4) is 11.4 Å². The third-order valence-electron chi connectivity index (χ3n) is 3.89. The van der Waals surface area contributed by atoms with Crippen molar-refractivity contribution in [2.24, 2.45) is 7.05 Å². The minimum absolute atomic E-state index is 0.0266. The first-order chi connectivity index (χ1) is 13.0. The van der Waals surface area contributed by atoms with Crippen molar-refractivity contribution >= 4 is 29.0 Å². The van der Waals surface area contributed by atoms with E-state index in [0.29, 0.717) is 22.2 Å². The number of nitrogens with zero attached hydrogens (tertiary/aromatic N) is 4. The van der Waals surface area contributed by atoms with Gasteiger partial charge in [0.15, 0.2) is 11.0 Å². The number of nitrogens with one attached hydrogen (secondary N) is 1. The van der Waals surface area contributed by atoms with Crippen molar-refractivity contribution in [2.75, 3.05) is 11.1 Å². The fraction of sp³-hybridized carbons (Fsp3) is 0.167. The number of hydrogen-bond acceptors (Lipinski definition) is 6. The molecule has 2 aromatic carbocycles. The summed E-state index contributed by atoms with van der Waals surface area (Å²) >= 11 is 1.25. The zero-order chi connectivity index (χ0) is 19.4. The Balaban J connectivity index is 1.64. The summed E-state index contributed by atoms with van der Waals surface area (Å²) in [6, 6.07) is 14.3. The standard InChI is InChI=1S/C18H17N5O3S/c1-12-8-9-14(10-15(12)23(25)26)19-16(24)11-27-18-21-20-17(22(18)2)13-6-4-3-5-7-13/h3-10H,11H2,1-2H3,(H,19,24). The second-order valence-corrected chi connectivity index (χ2v) is 6.77. The molecule has 0 spiro atoms. The van der Waals surface area contributed by atoms with Crippen LogP contribution in [0.3, 0.4) is 0 Å². The molecule has 0 aliphatic heterocycles. The largest absolute Gasteiger partial charge is 0.325 e. The molecule has 0 aliphatic rings. The second kappa shape index (κ2) is 8.00. The van der Waals surface area contributed by atoms with E-state index in [-0.39, 0.29) is 17.3 Å². The molecule has 1 N–H and O–H groups in total. The summed E-state index contributed by atoms with van der Waals surface area (Å²) in [6.45, 7) is 1.65. The summed E-state index contributed by atoms with van der Waals surface area (Å²) in [4.78, 5) is 22.7. The highest BCUT2D eigenvalue weighted by Gasteiger charge is 2.15. The Labute approximate surface area is 159 Å². The smallest absolute Gasteiger partial charge is 0.274 e. The van der Waals surface area contributed by atoms with Crippen LogP contribution < -0.4 is 5.32 Å². The van der Waals surface area contributed by atoms with Gasteiger partial charge in [0.25, 0.3) is 5.69 Å². The van der Waals surface area contributed by atoms with Crippen LogP contribution in [0.4, 0.5) is 11.4 Å². The van der Waals surface area contributed by atoms with Gasteiger partial charge in [-0.25, -0.2) is 0 Å². The molecule has 8 nitrogen and oxygen atoms in total. The Hall–Kier alpha value is -3.20. The predicted molar refractivity (Wildman–Crippen MR) is 104 cm³/mol. The number of anilines is 1. The minimum atomic E-state index is -0.468. The van der Waals surface area contributed by atoms with Gasteiger partial charge in [0.1, 0.15) is 0 Å². The molecule has 0 atom stereocenters. The molecule has 0 fully saturated rings. The Morgan fingerprint density at radius 1 is 1.22 bits per heavy atom. The monoisotopic (exact) mass is 383 g/mol. The first-order valence-corrected chi connectivity index (χ1v) is 9.07. The van der Waals surface area contributed by atoms with E-state index in [0.717, 1.165) is 5.56 Å². The molecule has 9 heteroatoms. The van der Waals surface area contributed by atoms with Crippen LogP contribution in [0.2, 0.25) is 0 Å². The maximum Gasteiger partial charge on any atom is 0.274 e.